The number of rotatable bonds is 6. The predicted octanol–water partition coefficient (Wildman–Crippen LogP) is 4.69. The molecule has 0 aliphatic heterocycles. The fraction of sp³-hybridized carbons (Fsp3) is 0.158. The van der Waals surface area contributed by atoms with E-state index in [1.807, 2.05) is 6.07 Å². The van der Waals surface area contributed by atoms with E-state index in [0.717, 1.165) is 17.8 Å². The van der Waals surface area contributed by atoms with Crippen LogP contribution in [0.5, 0.6) is 0 Å². The Morgan fingerprint density at radius 1 is 0.966 bits per heavy atom. The van der Waals surface area contributed by atoms with Crippen LogP contribution in [0.3, 0.4) is 0 Å². The lowest BCUT2D eigenvalue weighted by atomic mass is 10.2. The van der Waals surface area contributed by atoms with Gasteiger partial charge in [0.2, 0.25) is 0 Å². The molecule has 0 spiro atoms. The average Bonchev–Trinajstić information content (AvgIpc) is 3.37. The quantitative estimate of drug-likeness (QED) is 0.424. The third-order valence-electron chi connectivity index (χ3n) is 4.04. The maximum Gasteiger partial charge on any atom is 0.418 e. The van der Waals surface area contributed by atoms with Gasteiger partial charge in [-0.25, -0.2) is 0 Å². The van der Waals surface area contributed by atoms with Crippen LogP contribution >= 0.6 is 11.8 Å². The summed E-state index contributed by atoms with van der Waals surface area (Å²) in [5.41, 5.74) is -0.210. The van der Waals surface area contributed by atoms with E-state index in [0.29, 0.717) is 29.0 Å². The second-order valence-corrected chi connectivity index (χ2v) is 6.91. The van der Waals surface area contributed by atoms with E-state index < -0.39 is 11.7 Å². The number of nitrogens with zero attached hydrogens (tertiary/aromatic N) is 5. The highest BCUT2D eigenvalue weighted by Crippen LogP contribution is 2.34. The van der Waals surface area contributed by atoms with E-state index in [2.05, 4.69) is 20.2 Å². The molecule has 0 fully saturated rings. The van der Waals surface area contributed by atoms with Crippen molar-refractivity contribution >= 4 is 11.8 Å². The second kappa shape index (κ2) is 8.08. The number of pyridine rings is 2. The normalized spacial score (nSPS) is 11.7. The van der Waals surface area contributed by atoms with Crippen molar-refractivity contribution in [3.05, 3.63) is 78.1 Å². The van der Waals surface area contributed by atoms with E-state index in [4.69, 9.17) is 4.42 Å². The van der Waals surface area contributed by atoms with Crippen molar-refractivity contribution in [3.63, 3.8) is 0 Å². The molecule has 10 heteroatoms. The number of aromatic nitrogens is 5. The first kappa shape index (κ1) is 19.2. The Labute approximate surface area is 167 Å². The summed E-state index contributed by atoms with van der Waals surface area (Å²) in [6, 6.07) is 11.3. The molecular formula is C19H14F3N5OS. The van der Waals surface area contributed by atoms with Crippen molar-refractivity contribution in [2.75, 3.05) is 0 Å². The van der Waals surface area contributed by atoms with Crippen molar-refractivity contribution in [1.82, 2.24) is 24.7 Å². The molecule has 0 aliphatic rings. The summed E-state index contributed by atoms with van der Waals surface area (Å²) in [5, 5.41) is 8.81. The van der Waals surface area contributed by atoms with Gasteiger partial charge in [0.15, 0.2) is 11.0 Å². The van der Waals surface area contributed by atoms with Gasteiger partial charge >= 0.3 is 6.18 Å². The fourth-order valence-electron chi connectivity index (χ4n) is 2.72. The third-order valence-corrected chi connectivity index (χ3v) is 5.02. The van der Waals surface area contributed by atoms with Crippen LogP contribution in [0.2, 0.25) is 0 Å². The Bertz CT molecular complexity index is 1080. The van der Waals surface area contributed by atoms with Gasteiger partial charge in [-0.2, -0.15) is 13.2 Å². The average molecular weight is 417 g/mol. The van der Waals surface area contributed by atoms with E-state index in [1.165, 1.54) is 12.3 Å². The fourth-order valence-corrected chi connectivity index (χ4v) is 3.63. The van der Waals surface area contributed by atoms with Crippen LogP contribution in [0.4, 0.5) is 13.2 Å². The minimum absolute atomic E-state index is 0.00576. The number of hydrogen-bond acceptors (Lipinski definition) is 6. The number of halogens is 3. The molecule has 0 aliphatic carbocycles. The number of furan rings is 1. The Kier molecular flexibility index (Phi) is 5.34. The van der Waals surface area contributed by atoms with Crippen LogP contribution in [0.15, 0.2) is 70.7 Å². The zero-order valence-corrected chi connectivity index (χ0v) is 15.7. The molecular weight excluding hydrogens is 403 g/mol. The van der Waals surface area contributed by atoms with Crippen LogP contribution in [-0.2, 0) is 18.5 Å². The van der Waals surface area contributed by atoms with E-state index >= 15 is 0 Å². The second-order valence-electron chi connectivity index (χ2n) is 5.97. The van der Waals surface area contributed by atoms with Crippen molar-refractivity contribution in [2.45, 2.75) is 23.6 Å². The van der Waals surface area contributed by atoms with Gasteiger partial charge in [0, 0.05) is 18.1 Å². The summed E-state index contributed by atoms with van der Waals surface area (Å²) in [5.74, 6) is 1.16. The van der Waals surface area contributed by atoms with Gasteiger partial charge in [-0.3, -0.25) is 14.5 Å². The van der Waals surface area contributed by atoms with Crippen molar-refractivity contribution < 1.29 is 17.6 Å². The highest BCUT2D eigenvalue weighted by Gasteiger charge is 2.33. The Hall–Kier alpha value is -3.14. The molecule has 0 N–H and O–H groups in total. The lowest BCUT2D eigenvalue weighted by molar-refractivity contribution is -0.138. The third kappa shape index (κ3) is 4.32. The summed E-state index contributed by atoms with van der Waals surface area (Å²) in [7, 11) is 0. The molecule has 4 heterocycles. The zero-order valence-electron chi connectivity index (χ0n) is 14.9. The summed E-state index contributed by atoms with van der Waals surface area (Å²) < 4.78 is 46.9. The maximum atomic E-state index is 13.2. The molecule has 4 rings (SSSR count). The van der Waals surface area contributed by atoms with Crippen molar-refractivity contribution in [2.24, 2.45) is 0 Å². The van der Waals surface area contributed by atoms with Crippen LogP contribution in [-0.4, -0.2) is 24.7 Å². The first-order valence-corrected chi connectivity index (χ1v) is 9.52. The Morgan fingerprint density at radius 2 is 1.83 bits per heavy atom. The van der Waals surface area contributed by atoms with E-state index in [-0.39, 0.29) is 11.4 Å². The molecule has 29 heavy (non-hydrogen) atoms. The molecule has 4 aromatic rings. The maximum absolute atomic E-state index is 13.2. The first-order valence-electron chi connectivity index (χ1n) is 8.53. The van der Waals surface area contributed by atoms with Gasteiger partial charge in [-0.05, 0) is 36.4 Å². The summed E-state index contributed by atoms with van der Waals surface area (Å²) in [6.07, 6.45) is 0.0666. The van der Waals surface area contributed by atoms with Gasteiger partial charge < -0.3 is 4.42 Å². The zero-order chi connectivity index (χ0) is 20.3. The van der Waals surface area contributed by atoms with Crippen LogP contribution in [0.1, 0.15) is 17.0 Å². The highest BCUT2D eigenvalue weighted by molar-refractivity contribution is 7.98. The minimum atomic E-state index is -4.47. The molecule has 148 valence electrons. The van der Waals surface area contributed by atoms with Gasteiger partial charge in [-0.1, -0.05) is 17.8 Å². The molecule has 0 atom stereocenters. The van der Waals surface area contributed by atoms with Gasteiger partial charge in [0.05, 0.1) is 24.1 Å². The molecule has 6 nitrogen and oxygen atoms in total. The van der Waals surface area contributed by atoms with E-state index in [9.17, 15) is 13.2 Å². The SMILES string of the molecule is FC(F)(F)c1cccnc1CSc1nnc(-c2ccccn2)n1Cc1ccco1. The smallest absolute Gasteiger partial charge is 0.418 e. The lowest BCUT2D eigenvalue weighted by Crippen LogP contribution is -2.10. The van der Waals surface area contributed by atoms with Crippen LogP contribution in [0, 0.1) is 0 Å². The number of thioether (sulfide) groups is 1. The molecule has 0 aromatic carbocycles. The molecule has 0 saturated heterocycles. The topological polar surface area (TPSA) is 69.6 Å². The highest BCUT2D eigenvalue weighted by atomic mass is 32.2. The molecule has 4 aromatic heterocycles. The van der Waals surface area contributed by atoms with E-state index in [1.54, 1.807) is 41.3 Å². The van der Waals surface area contributed by atoms with Crippen molar-refractivity contribution in [1.29, 1.82) is 0 Å². The number of alkyl halides is 3. The van der Waals surface area contributed by atoms with Crippen molar-refractivity contribution in [3.8, 4) is 11.5 Å². The van der Waals surface area contributed by atoms with Gasteiger partial charge in [0.1, 0.15) is 11.5 Å². The number of hydrogen-bond donors (Lipinski definition) is 0. The largest absolute Gasteiger partial charge is 0.467 e. The monoisotopic (exact) mass is 417 g/mol. The van der Waals surface area contributed by atoms with Gasteiger partial charge in [-0.15, -0.1) is 10.2 Å². The lowest BCUT2D eigenvalue weighted by Gasteiger charge is -2.12. The molecule has 0 bridgehead atoms. The summed E-state index contributed by atoms with van der Waals surface area (Å²) >= 11 is 1.13. The summed E-state index contributed by atoms with van der Waals surface area (Å²) in [4.78, 5) is 8.19. The molecule has 0 amide bonds. The molecule has 0 saturated carbocycles. The Balaban J connectivity index is 1.65. The molecule has 0 radical (unpaired) electrons. The molecule has 0 unspecified atom stereocenters. The first-order chi connectivity index (χ1) is 14.0. The standard InChI is InChI=1S/C19H14F3N5OS/c20-19(21,22)14-6-3-9-24-16(14)12-29-18-26-25-17(15-7-1-2-8-23-15)27(18)11-13-5-4-10-28-13/h1-10H,11-12H2. The van der Waals surface area contributed by atoms with Crippen LogP contribution < -0.4 is 0 Å². The van der Waals surface area contributed by atoms with Crippen LogP contribution in [0.25, 0.3) is 11.5 Å². The summed E-state index contributed by atoms with van der Waals surface area (Å²) in [6.45, 7) is 0.322. The Morgan fingerprint density at radius 3 is 2.55 bits per heavy atom. The predicted molar refractivity (Wildman–Crippen MR) is 99.9 cm³/mol. The minimum Gasteiger partial charge on any atom is -0.467 e. The van der Waals surface area contributed by atoms with Gasteiger partial charge in [0.25, 0.3) is 0 Å².